The summed E-state index contributed by atoms with van der Waals surface area (Å²) in [7, 11) is -3.08. The molecule has 0 fully saturated rings. The second kappa shape index (κ2) is 4.09. The number of sulfone groups is 1. The molecule has 0 atom stereocenters. The van der Waals surface area contributed by atoms with Gasteiger partial charge < -0.3 is 0 Å². The van der Waals surface area contributed by atoms with Gasteiger partial charge in [0.1, 0.15) is 0 Å². The molecule has 0 unspecified atom stereocenters. The highest BCUT2D eigenvalue weighted by Gasteiger charge is 2.21. The quantitative estimate of drug-likeness (QED) is 0.648. The summed E-state index contributed by atoms with van der Waals surface area (Å²) in [4.78, 5) is 3.92. The zero-order chi connectivity index (χ0) is 9.03. The van der Waals surface area contributed by atoms with E-state index in [1.807, 2.05) is 0 Å². The largest absolute Gasteiger partial charge is 0.267 e. The minimum absolute atomic E-state index is 0.141. The molecule has 1 heterocycles. The number of nitrogens with zero attached hydrogens (tertiary/aromatic N) is 1. The lowest BCUT2D eigenvalue weighted by atomic mass is 10.5. The van der Waals surface area contributed by atoms with Crippen molar-refractivity contribution in [3.63, 3.8) is 0 Å². The van der Waals surface area contributed by atoms with Crippen molar-refractivity contribution >= 4 is 26.0 Å². The molecule has 1 aliphatic heterocycles. The third kappa shape index (κ3) is 2.35. The van der Waals surface area contributed by atoms with E-state index < -0.39 is 9.84 Å². The first-order valence-corrected chi connectivity index (χ1v) is 6.31. The summed E-state index contributed by atoms with van der Waals surface area (Å²) in [6, 6.07) is 0. The van der Waals surface area contributed by atoms with E-state index in [9.17, 15) is 8.42 Å². The third-order valence-corrected chi connectivity index (χ3v) is 4.73. The SMILES string of the molecule is C=CCCS(=O)(=O)C1=NCCS1. The molecule has 0 saturated heterocycles. The first-order valence-electron chi connectivity index (χ1n) is 3.68. The van der Waals surface area contributed by atoms with Gasteiger partial charge in [-0.15, -0.1) is 6.58 Å². The number of hydrogen-bond acceptors (Lipinski definition) is 4. The van der Waals surface area contributed by atoms with Crippen molar-refractivity contribution in [2.75, 3.05) is 18.1 Å². The Bertz CT molecular complexity index is 293. The lowest BCUT2D eigenvalue weighted by molar-refractivity contribution is 0.607. The van der Waals surface area contributed by atoms with Crippen LogP contribution in [0.25, 0.3) is 0 Å². The summed E-state index contributed by atoms with van der Waals surface area (Å²) >= 11 is 1.33. The highest BCUT2D eigenvalue weighted by Crippen LogP contribution is 2.17. The maximum absolute atomic E-state index is 11.4. The molecule has 0 bridgehead atoms. The average molecular weight is 205 g/mol. The summed E-state index contributed by atoms with van der Waals surface area (Å²) in [5.41, 5.74) is 0. The van der Waals surface area contributed by atoms with E-state index in [4.69, 9.17) is 0 Å². The minimum Gasteiger partial charge on any atom is -0.267 e. The maximum Gasteiger partial charge on any atom is 0.201 e. The van der Waals surface area contributed by atoms with E-state index >= 15 is 0 Å². The monoisotopic (exact) mass is 205 g/mol. The van der Waals surface area contributed by atoms with E-state index in [2.05, 4.69) is 11.6 Å². The molecular weight excluding hydrogens is 194 g/mol. The van der Waals surface area contributed by atoms with Gasteiger partial charge in [-0.2, -0.15) is 0 Å². The minimum atomic E-state index is -3.08. The van der Waals surface area contributed by atoms with Crippen molar-refractivity contribution in [2.24, 2.45) is 4.99 Å². The molecule has 12 heavy (non-hydrogen) atoms. The maximum atomic E-state index is 11.4. The number of aliphatic imine (C=N–C) groups is 1. The topological polar surface area (TPSA) is 46.5 Å². The summed E-state index contributed by atoms with van der Waals surface area (Å²) < 4.78 is 23.1. The molecule has 0 aromatic carbocycles. The van der Waals surface area contributed by atoms with E-state index in [1.165, 1.54) is 11.8 Å². The van der Waals surface area contributed by atoms with Crippen LogP contribution in [0.5, 0.6) is 0 Å². The van der Waals surface area contributed by atoms with Gasteiger partial charge in [-0.1, -0.05) is 17.8 Å². The number of thioether (sulfide) groups is 1. The Labute approximate surface area is 76.9 Å². The molecule has 0 aromatic heterocycles. The first kappa shape index (κ1) is 9.80. The number of allylic oxidation sites excluding steroid dienone is 1. The van der Waals surface area contributed by atoms with Gasteiger partial charge in [0.05, 0.1) is 12.3 Å². The van der Waals surface area contributed by atoms with Crippen LogP contribution in [0.3, 0.4) is 0 Å². The first-order chi connectivity index (χ1) is 5.67. The van der Waals surface area contributed by atoms with Crippen LogP contribution in [0.1, 0.15) is 6.42 Å². The van der Waals surface area contributed by atoms with Gasteiger partial charge in [0.25, 0.3) is 0 Å². The van der Waals surface area contributed by atoms with E-state index in [1.54, 1.807) is 6.08 Å². The van der Waals surface area contributed by atoms with Crippen LogP contribution in [0.2, 0.25) is 0 Å². The summed E-state index contributed by atoms with van der Waals surface area (Å²) in [5, 5.41) is 0. The summed E-state index contributed by atoms with van der Waals surface area (Å²) in [6.45, 7) is 4.11. The van der Waals surface area contributed by atoms with Gasteiger partial charge in [-0.3, -0.25) is 4.99 Å². The zero-order valence-electron chi connectivity index (χ0n) is 6.69. The summed E-state index contributed by atoms with van der Waals surface area (Å²) in [5.74, 6) is 0.936. The van der Waals surface area contributed by atoms with Crippen LogP contribution in [-0.4, -0.2) is 30.8 Å². The Kier molecular flexibility index (Phi) is 3.34. The second-order valence-corrected chi connectivity index (χ2v) is 5.76. The van der Waals surface area contributed by atoms with Gasteiger partial charge in [0.2, 0.25) is 9.84 Å². The lowest BCUT2D eigenvalue weighted by Gasteiger charge is -1.99. The van der Waals surface area contributed by atoms with Crippen molar-refractivity contribution in [2.45, 2.75) is 6.42 Å². The van der Waals surface area contributed by atoms with E-state index in [0.29, 0.717) is 17.3 Å². The Balaban J connectivity index is 2.64. The predicted molar refractivity (Wildman–Crippen MR) is 53.4 cm³/mol. The van der Waals surface area contributed by atoms with Gasteiger partial charge in [-0.25, -0.2) is 8.42 Å². The third-order valence-electron chi connectivity index (χ3n) is 1.41. The molecule has 0 spiro atoms. The lowest BCUT2D eigenvalue weighted by Crippen LogP contribution is -2.13. The molecule has 0 amide bonds. The Morgan fingerprint density at radius 3 is 2.92 bits per heavy atom. The van der Waals surface area contributed by atoms with Crippen LogP contribution in [-0.2, 0) is 9.84 Å². The fourth-order valence-corrected chi connectivity index (χ4v) is 3.53. The van der Waals surface area contributed by atoms with Gasteiger partial charge in [0.15, 0.2) is 4.38 Å². The zero-order valence-corrected chi connectivity index (χ0v) is 8.33. The molecule has 1 aliphatic rings. The molecule has 0 saturated carbocycles. The van der Waals surface area contributed by atoms with Crippen molar-refractivity contribution in [1.82, 2.24) is 0 Å². The molecule has 1 rings (SSSR count). The molecule has 3 nitrogen and oxygen atoms in total. The van der Waals surface area contributed by atoms with Crippen LogP contribution in [0, 0.1) is 0 Å². The number of hydrogen-bond donors (Lipinski definition) is 0. The van der Waals surface area contributed by atoms with Crippen LogP contribution in [0.4, 0.5) is 0 Å². The predicted octanol–water partition coefficient (Wildman–Crippen LogP) is 1.08. The number of rotatable bonds is 3. The highest BCUT2D eigenvalue weighted by molar-refractivity contribution is 8.35. The van der Waals surface area contributed by atoms with Crippen LogP contribution >= 0.6 is 11.8 Å². The molecule has 0 radical (unpaired) electrons. The summed E-state index contributed by atoms with van der Waals surface area (Å²) in [6.07, 6.45) is 2.11. The standard InChI is InChI=1S/C7H11NO2S2/c1-2-3-6-12(9,10)7-8-4-5-11-7/h2H,1,3-6H2. The van der Waals surface area contributed by atoms with E-state index in [0.717, 1.165) is 5.75 Å². The Morgan fingerprint density at radius 2 is 2.42 bits per heavy atom. The second-order valence-electron chi connectivity index (χ2n) is 2.39. The molecule has 5 heteroatoms. The van der Waals surface area contributed by atoms with Gasteiger partial charge in [-0.05, 0) is 6.42 Å². The average Bonchev–Trinajstić information content (AvgIpc) is 2.53. The van der Waals surface area contributed by atoms with Gasteiger partial charge in [0, 0.05) is 5.75 Å². The normalized spacial score (nSPS) is 17.5. The van der Waals surface area contributed by atoms with Crippen molar-refractivity contribution in [3.8, 4) is 0 Å². The van der Waals surface area contributed by atoms with Crippen molar-refractivity contribution in [3.05, 3.63) is 12.7 Å². The fourth-order valence-electron chi connectivity index (χ4n) is 0.829. The Morgan fingerprint density at radius 1 is 1.67 bits per heavy atom. The van der Waals surface area contributed by atoms with Crippen molar-refractivity contribution < 1.29 is 8.42 Å². The molecular formula is C7H11NO2S2. The molecule has 0 aliphatic carbocycles. The molecule has 0 aromatic rings. The van der Waals surface area contributed by atoms with E-state index in [-0.39, 0.29) is 5.75 Å². The fraction of sp³-hybridized carbons (Fsp3) is 0.571. The molecule has 68 valence electrons. The van der Waals surface area contributed by atoms with Crippen LogP contribution < -0.4 is 0 Å². The molecule has 0 N–H and O–H groups in total. The van der Waals surface area contributed by atoms with Crippen LogP contribution in [0.15, 0.2) is 17.6 Å². The van der Waals surface area contributed by atoms with Crippen molar-refractivity contribution in [1.29, 1.82) is 0 Å². The highest BCUT2D eigenvalue weighted by atomic mass is 32.3. The van der Waals surface area contributed by atoms with Gasteiger partial charge >= 0.3 is 0 Å². The smallest absolute Gasteiger partial charge is 0.201 e. The Hall–Kier alpha value is -0.290.